The van der Waals surface area contributed by atoms with Crippen molar-refractivity contribution in [2.75, 3.05) is 18.0 Å². The highest BCUT2D eigenvalue weighted by atomic mass is 19.1. The van der Waals surface area contributed by atoms with Gasteiger partial charge in [-0.25, -0.2) is 9.37 Å². The van der Waals surface area contributed by atoms with Crippen molar-refractivity contribution in [1.82, 2.24) is 4.98 Å². The van der Waals surface area contributed by atoms with Crippen molar-refractivity contribution in [3.05, 3.63) is 23.6 Å². The van der Waals surface area contributed by atoms with E-state index in [0.29, 0.717) is 5.82 Å². The van der Waals surface area contributed by atoms with Gasteiger partial charge in [0.05, 0.1) is 0 Å². The first-order valence-electron chi connectivity index (χ1n) is 7.22. The van der Waals surface area contributed by atoms with E-state index in [2.05, 4.69) is 9.88 Å². The smallest absolute Gasteiger partial charge is 0.165 e. The number of aromatic nitrogens is 1. The van der Waals surface area contributed by atoms with Gasteiger partial charge in [-0.15, -0.1) is 0 Å². The first-order valence-corrected chi connectivity index (χ1v) is 7.22. The molecule has 1 aliphatic carbocycles. The zero-order valence-electron chi connectivity index (χ0n) is 10.9. The van der Waals surface area contributed by atoms with Crippen LogP contribution < -0.4 is 4.90 Å². The lowest BCUT2D eigenvalue weighted by molar-refractivity contribution is 0.540. The average Bonchev–Trinajstić information content (AvgIpc) is 3.01. The zero-order chi connectivity index (χ0) is 12.4. The quantitative estimate of drug-likeness (QED) is 0.813. The fourth-order valence-electron chi connectivity index (χ4n) is 3.29. The van der Waals surface area contributed by atoms with Gasteiger partial charge in [-0.3, -0.25) is 0 Å². The van der Waals surface area contributed by atoms with Gasteiger partial charge in [0.15, 0.2) is 11.6 Å². The molecule has 98 valence electrons. The van der Waals surface area contributed by atoms with Crippen LogP contribution in [0.1, 0.15) is 44.1 Å². The van der Waals surface area contributed by atoms with Crippen molar-refractivity contribution in [3.8, 4) is 0 Å². The Kier molecular flexibility index (Phi) is 3.48. The molecular formula is C15H21FN2. The SMILES string of the molecule is Fc1cc(CC2CCCC2)cnc1N1CCCC1. The number of anilines is 1. The number of pyridine rings is 1. The summed E-state index contributed by atoms with van der Waals surface area (Å²) in [5.41, 5.74) is 1.07. The summed E-state index contributed by atoms with van der Waals surface area (Å²) in [5, 5.41) is 0. The lowest BCUT2D eigenvalue weighted by Crippen LogP contribution is -2.20. The minimum Gasteiger partial charge on any atom is -0.354 e. The van der Waals surface area contributed by atoms with Crippen LogP contribution in [-0.2, 0) is 6.42 Å². The largest absolute Gasteiger partial charge is 0.354 e. The molecule has 0 unspecified atom stereocenters. The average molecular weight is 248 g/mol. The van der Waals surface area contributed by atoms with Crippen LogP contribution >= 0.6 is 0 Å². The third kappa shape index (κ3) is 2.50. The van der Waals surface area contributed by atoms with E-state index in [9.17, 15) is 4.39 Å². The molecule has 2 aliphatic rings. The summed E-state index contributed by atoms with van der Waals surface area (Å²) in [6.07, 6.45) is 10.5. The summed E-state index contributed by atoms with van der Waals surface area (Å²) in [5.74, 6) is 1.18. The summed E-state index contributed by atoms with van der Waals surface area (Å²) < 4.78 is 14.1. The normalized spacial score (nSPS) is 20.8. The number of hydrogen-bond donors (Lipinski definition) is 0. The van der Waals surface area contributed by atoms with Gasteiger partial charge in [0.1, 0.15) is 0 Å². The Morgan fingerprint density at radius 3 is 2.56 bits per heavy atom. The Morgan fingerprint density at radius 1 is 1.17 bits per heavy atom. The predicted molar refractivity (Wildman–Crippen MR) is 71.3 cm³/mol. The fraction of sp³-hybridized carbons (Fsp3) is 0.667. The molecule has 3 heteroatoms. The van der Waals surface area contributed by atoms with Crippen molar-refractivity contribution in [2.45, 2.75) is 44.9 Å². The molecule has 2 nitrogen and oxygen atoms in total. The Labute approximate surface area is 108 Å². The maximum absolute atomic E-state index is 14.1. The minimum absolute atomic E-state index is 0.132. The highest BCUT2D eigenvalue weighted by Crippen LogP contribution is 2.29. The second kappa shape index (κ2) is 5.25. The van der Waals surface area contributed by atoms with Gasteiger partial charge in [0.25, 0.3) is 0 Å². The summed E-state index contributed by atoms with van der Waals surface area (Å²) >= 11 is 0. The van der Waals surface area contributed by atoms with Gasteiger partial charge in [-0.2, -0.15) is 0 Å². The standard InChI is InChI=1S/C15H21FN2/c16-14-10-13(9-12-5-1-2-6-12)11-17-15(14)18-7-3-4-8-18/h10-12H,1-9H2. The van der Waals surface area contributed by atoms with E-state index in [1.54, 1.807) is 6.07 Å². The fourth-order valence-corrected chi connectivity index (χ4v) is 3.29. The van der Waals surface area contributed by atoms with Crippen LogP contribution in [-0.4, -0.2) is 18.1 Å². The maximum atomic E-state index is 14.1. The number of rotatable bonds is 3. The van der Waals surface area contributed by atoms with Crippen molar-refractivity contribution in [3.63, 3.8) is 0 Å². The van der Waals surface area contributed by atoms with E-state index >= 15 is 0 Å². The molecule has 2 fully saturated rings. The van der Waals surface area contributed by atoms with Crippen LogP contribution in [0.4, 0.5) is 10.2 Å². The number of halogens is 1. The molecule has 1 aliphatic heterocycles. The third-order valence-corrected chi connectivity index (χ3v) is 4.28. The van der Waals surface area contributed by atoms with Crippen molar-refractivity contribution in [1.29, 1.82) is 0 Å². The van der Waals surface area contributed by atoms with E-state index in [4.69, 9.17) is 0 Å². The van der Waals surface area contributed by atoms with Crippen LogP contribution in [0.5, 0.6) is 0 Å². The van der Waals surface area contributed by atoms with E-state index in [0.717, 1.165) is 43.8 Å². The van der Waals surface area contributed by atoms with E-state index in [1.807, 2.05) is 6.20 Å². The van der Waals surface area contributed by atoms with E-state index < -0.39 is 0 Å². The Hall–Kier alpha value is -1.12. The molecule has 0 aromatic carbocycles. The molecule has 0 atom stereocenters. The van der Waals surface area contributed by atoms with Gasteiger partial charge in [-0.1, -0.05) is 25.7 Å². The summed E-state index contributed by atoms with van der Waals surface area (Å²) in [6, 6.07) is 1.71. The van der Waals surface area contributed by atoms with Crippen LogP contribution in [0.25, 0.3) is 0 Å². The molecule has 18 heavy (non-hydrogen) atoms. The molecule has 2 heterocycles. The molecular weight excluding hydrogens is 227 g/mol. The lowest BCUT2D eigenvalue weighted by Gasteiger charge is -2.17. The second-order valence-electron chi connectivity index (χ2n) is 5.70. The zero-order valence-corrected chi connectivity index (χ0v) is 10.9. The third-order valence-electron chi connectivity index (χ3n) is 4.28. The van der Waals surface area contributed by atoms with Gasteiger partial charge in [0.2, 0.25) is 0 Å². The van der Waals surface area contributed by atoms with Gasteiger partial charge in [0, 0.05) is 19.3 Å². The van der Waals surface area contributed by atoms with Gasteiger partial charge >= 0.3 is 0 Å². The highest BCUT2D eigenvalue weighted by Gasteiger charge is 2.19. The van der Waals surface area contributed by atoms with Crippen LogP contribution in [0.3, 0.4) is 0 Å². The molecule has 0 radical (unpaired) electrons. The molecule has 1 aromatic rings. The van der Waals surface area contributed by atoms with Crippen LogP contribution in [0.15, 0.2) is 12.3 Å². The molecule has 1 aromatic heterocycles. The molecule has 0 N–H and O–H groups in total. The molecule has 0 bridgehead atoms. The Morgan fingerprint density at radius 2 is 1.89 bits per heavy atom. The number of hydrogen-bond acceptors (Lipinski definition) is 2. The van der Waals surface area contributed by atoms with E-state index in [1.165, 1.54) is 25.7 Å². The summed E-state index contributed by atoms with van der Waals surface area (Å²) in [4.78, 5) is 6.42. The molecule has 3 rings (SSSR count). The lowest BCUT2D eigenvalue weighted by atomic mass is 9.99. The summed E-state index contributed by atoms with van der Waals surface area (Å²) in [7, 11) is 0. The topological polar surface area (TPSA) is 16.1 Å². The first kappa shape index (κ1) is 11.9. The first-order chi connectivity index (χ1) is 8.83. The molecule has 1 saturated carbocycles. The molecule has 0 amide bonds. The summed E-state index contributed by atoms with van der Waals surface area (Å²) in [6.45, 7) is 1.90. The Balaban J connectivity index is 1.71. The van der Waals surface area contributed by atoms with Crippen molar-refractivity contribution in [2.24, 2.45) is 5.92 Å². The highest BCUT2D eigenvalue weighted by molar-refractivity contribution is 5.42. The molecule has 0 spiro atoms. The Bertz CT molecular complexity index is 407. The van der Waals surface area contributed by atoms with Crippen molar-refractivity contribution < 1.29 is 4.39 Å². The maximum Gasteiger partial charge on any atom is 0.165 e. The van der Waals surface area contributed by atoms with Crippen LogP contribution in [0.2, 0.25) is 0 Å². The molecule has 1 saturated heterocycles. The monoisotopic (exact) mass is 248 g/mol. The van der Waals surface area contributed by atoms with E-state index in [-0.39, 0.29) is 5.82 Å². The van der Waals surface area contributed by atoms with Gasteiger partial charge in [-0.05, 0) is 36.8 Å². The minimum atomic E-state index is -0.132. The number of nitrogens with zero attached hydrogens (tertiary/aromatic N) is 2. The van der Waals surface area contributed by atoms with Crippen LogP contribution in [0, 0.1) is 11.7 Å². The second-order valence-corrected chi connectivity index (χ2v) is 5.70. The van der Waals surface area contributed by atoms with Crippen molar-refractivity contribution >= 4 is 5.82 Å². The van der Waals surface area contributed by atoms with Gasteiger partial charge < -0.3 is 4.90 Å². The predicted octanol–water partition coefficient (Wildman–Crippen LogP) is 3.55.